The summed E-state index contributed by atoms with van der Waals surface area (Å²) >= 11 is 0. The van der Waals surface area contributed by atoms with E-state index in [1.165, 1.54) is 25.9 Å². The first-order valence-electron chi connectivity index (χ1n) is 5.48. The average molecular weight is 201 g/mol. The molecule has 0 aliphatic carbocycles. The van der Waals surface area contributed by atoms with E-state index in [1.807, 2.05) is 0 Å². The molecule has 0 saturated carbocycles. The van der Waals surface area contributed by atoms with E-state index >= 15 is 0 Å². The fraction of sp³-hybridized carbons (Fsp3) is 1.00. The molecular weight excluding hydrogens is 178 g/mol. The topological polar surface area (TPSA) is 61.5 Å². The van der Waals surface area contributed by atoms with Gasteiger partial charge >= 0.3 is 0 Å². The average Bonchev–Trinajstić information content (AvgIpc) is 2.21. The van der Waals surface area contributed by atoms with Gasteiger partial charge in [0.1, 0.15) is 0 Å². The molecule has 1 fully saturated rings. The number of nitrogens with zero attached hydrogens (tertiary/aromatic N) is 1. The first-order valence-corrected chi connectivity index (χ1v) is 5.48. The van der Waals surface area contributed by atoms with Crippen LogP contribution in [-0.4, -0.2) is 55.9 Å². The van der Waals surface area contributed by atoms with E-state index in [2.05, 4.69) is 17.3 Å². The molecule has 1 saturated heterocycles. The van der Waals surface area contributed by atoms with Crippen molar-refractivity contribution >= 4 is 0 Å². The predicted octanol–water partition coefficient (Wildman–Crippen LogP) is -0.763. The number of piperidine rings is 1. The Hall–Kier alpha value is -0.160. The summed E-state index contributed by atoms with van der Waals surface area (Å²) in [7, 11) is 2.17. The Morgan fingerprint density at radius 2 is 2.14 bits per heavy atom. The number of nitrogens with two attached hydrogens (primary N) is 1. The van der Waals surface area contributed by atoms with Crippen molar-refractivity contribution in [1.82, 2.24) is 10.2 Å². The zero-order chi connectivity index (χ0) is 10.4. The third kappa shape index (κ3) is 4.37. The van der Waals surface area contributed by atoms with Gasteiger partial charge in [0.25, 0.3) is 0 Å². The number of aliphatic hydroxyl groups is 1. The number of likely N-dealkylation sites (tertiary alicyclic amines) is 1. The summed E-state index contributed by atoms with van der Waals surface area (Å²) in [4.78, 5) is 2.37. The maximum atomic E-state index is 8.73. The van der Waals surface area contributed by atoms with Gasteiger partial charge < -0.3 is 21.1 Å². The van der Waals surface area contributed by atoms with E-state index in [-0.39, 0.29) is 12.6 Å². The lowest BCUT2D eigenvalue weighted by Crippen LogP contribution is -2.40. The van der Waals surface area contributed by atoms with Crippen molar-refractivity contribution in [3.05, 3.63) is 0 Å². The number of hydrogen-bond acceptors (Lipinski definition) is 4. The molecule has 0 bridgehead atoms. The Kier molecular flexibility index (Phi) is 5.40. The molecular formula is C10H23N3O. The van der Waals surface area contributed by atoms with Crippen LogP contribution in [0.15, 0.2) is 0 Å². The number of aliphatic hydroxyl groups excluding tert-OH is 1. The lowest BCUT2D eigenvalue weighted by Gasteiger charge is -2.29. The molecule has 1 aliphatic heterocycles. The first kappa shape index (κ1) is 11.9. The highest BCUT2D eigenvalue weighted by Crippen LogP contribution is 2.14. The van der Waals surface area contributed by atoms with E-state index in [4.69, 9.17) is 10.8 Å². The zero-order valence-electron chi connectivity index (χ0n) is 9.08. The molecule has 1 unspecified atom stereocenters. The van der Waals surface area contributed by atoms with Gasteiger partial charge in [-0.3, -0.25) is 0 Å². The number of nitrogens with one attached hydrogen (secondary N) is 1. The largest absolute Gasteiger partial charge is 0.395 e. The maximum absolute atomic E-state index is 8.73. The number of rotatable bonds is 5. The summed E-state index contributed by atoms with van der Waals surface area (Å²) < 4.78 is 0. The Bertz CT molecular complexity index is 146. The monoisotopic (exact) mass is 201 g/mol. The first-order chi connectivity index (χ1) is 6.72. The van der Waals surface area contributed by atoms with E-state index in [0.29, 0.717) is 0 Å². The van der Waals surface area contributed by atoms with Crippen molar-refractivity contribution in [3.63, 3.8) is 0 Å². The van der Waals surface area contributed by atoms with Crippen molar-refractivity contribution in [2.45, 2.75) is 18.9 Å². The third-order valence-corrected chi connectivity index (χ3v) is 2.91. The van der Waals surface area contributed by atoms with Crippen LogP contribution in [0, 0.1) is 5.92 Å². The van der Waals surface area contributed by atoms with Gasteiger partial charge in [0.15, 0.2) is 0 Å². The molecule has 0 radical (unpaired) electrons. The van der Waals surface area contributed by atoms with Crippen molar-refractivity contribution in [2.75, 3.05) is 39.8 Å². The molecule has 1 rings (SSSR count). The van der Waals surface area contributed by atoms with Crippen molar-refractivity contribution < 1.29 is 5.11 Å². The molecule has 0 aromatic heterocycles. The second-order valence-corrected chi connectivity index (χ2v) is 4.35. The van der Waals surface area contributed by atoms with Crippen LogP contribution in [0.4, 0.5) is 0 Å². The fourth-order valence-electron chi connectivity index (χ4n) is 1.80. The fourth-order valence-corrected chi connectivity index (χ4v) is 1.80. The molecule has 4 nitrogen and oxygen atoms in total. The second kappa shape index (κ2) is 6.35. The Morgan fingerprint density at radius 3 is 2.71 bits per heavy atom. The lowest BCUT2D eigenvalue weighted by atomic mass is 9.97. The van der Waals surface area contributed by atoms with Crippen LogP contribution >= 0.6 is 0 Å². The minimum absolute atomic E-state index is 0.0698. The maximum Gasteiger partial charge on any atom is 0.0594 e. The van der Waals surface area contributed by atoms with Crippen molar-refractivity contribution in [1.29, 1.82) is 0 Å². The lowest BCUT2D eigenvalue weighted by molar-refractivity contribution is 0.212. The van der Waals surface area contributed by atoms with Crippen LogP contribution in [0.1, 0.15) is 12.8 Å². The summed E-state index contributed by atoms with van der Waals surface area (Å²) in [5, 5.41) is 12.1. The minimum Gasteiger partial charge on any atom is -0.395 e. The molecule has 84 valence electrons. The van der Waals surface area contributed by atoms with Crippen LogP contribution in [0.5, 0.6) is 0 Å². The van der Waals surface area contributed by atoms with Crippen LogP contribution in [0.25, 0.3) is 0 Å². The van der Waals surface area contributed by atoms with Crippen molar-refractivity contribution in [2.24, 2.45) is 11.7 Å². The Balaban J connectivity index is 2.02. The van der Waals surface area contributed by atoms with Gasteiger partial charge in [-0.05, 0) is 45.4 Å². The Morgan fingerprint density at radius 1 is 1.50 bits per heavy atom. The second-order valence-electron chi connectivity index (χ2n) is 4.35. The normalized spacial score (nSPS) is 22.5. The van der Waals surface area contributed by atoms with Crippen LogP contribution in [0.3, 0.4) is 0 Å². The van der Waals surface area contributed by atoms with Gasteiger partial charge in [0.05, 0.1) is 6.61 Å². The van der Waals surface area contributed by atoms with Gasteiger partial charge in [-0.1, -0.05) is 0 Å². The standard InChI is InChI=1S/C10H23N3O/c1-13-4-2-9(3-5-13)6-12-7-10(11)8-14/h9-10,12,14H,2-8,11H2,1H3. The van der Waals surface area contributed by atoms with Crippen molar-refractivity contribution in [3.8, 4) is 0 Å². The van der Waals surface area contributed by atoms with Gasteiger partial charge in [-0.15, -0.1) is 0 Å². The molecule has 14 heavy (non-hydrogen) atoms. The summed E-state index contributed by atoms with van der Waals surface area (Å²) in [5.41, 5.74) is 5.59. The smallest absolute Gasteiger partial charge is 0.0594 e. The summed E-state index contributed by atoms with van der Waals surface area (Å²) in [6, 6.07) is -0.110. The third-order valence-electron chi connectivity index (χ3n) is 2.91. The molecule has 1 aliphatic rings. The summed E-state index contributed by atoms with van der Waals surface area (Å²) in [6.45, 7) is 4.25. The molecule has 1 heterocycles. The Labute approximate surface area is 86.5 Å². The molecule has 0 amide bonds. The van der Waals surface area contributed by atoms with Crippen LogP contribution in [0.2, 0.25) is 0 Å². The zero-order valence-corrected chi connectivity index (χ0v) is 9.08. The molecule has 4 heteroatoms. The van der Waals surface area contributed by atoms with E-state index in [1.54, 1.807) is 0 Å². The molecule has 0 aromatic rings. The van der Waals surface area contributed by atoms with Gasteiger partial charge in [0, 0.05) is 12.6 Å². The predicted molar refractivity (Wildman–Crippen MR) is 58.2 cm³/mol. The molecule has 0 aromatic carbocycles. The summed E-state index contributed by atoms with van der Waals surface area (Å²) in [6.07, 6.45) is 2.55. The highest BCUT2D eigenvalue weighted by molar-refractivity contribution is 4.73. The quantitative estimate of drug-likeness (QED) is 0.547. The minimum atomic E-state index is -0.110. The highest BCUT2D eigenvalue weighted by atomic mass is 16.3. The molecule has 1 atom stereocenters. The van der Waals surface area contributed by atoms with Crippen LogP contribution in [-0.2, 0) is 0 Å². The summed E-state index contributed by atoms with van der Waals surface area (Å²) in [5.74, 6) is 0.789. The number of hydrogen-bond donors (Lipinski definition) is 3. The molecule has 4 N–H and O–H groups in total. The molecule has 0 spiro atoms. The van der Waals surface area contributed by atoms with Gasteiger partial charge in [-0.25, -0.2) is 0 Å². The van der Waals surface area contributed by atoms with E-state index in [9.17, 15) is 0 Å². The van der Waals surface area contributed by atoms with Crippen LogP contribution < -0.4 is 11.1 Å². The highest BCUT2D eigenvalue weighted by Gasteiger charge is 2.15. The van der Waals surface area contributed by atoms with Gasteiger partial charge in [0.2, 0.25) is 0 Å². The van der Waals surface area contributed by atoms with E-state index < -0.39 is 0 Å². The van der Waals surface area contributed by atoms with Gasteiger partial charge in [-0.2, -0.15) is 0 Å². The van der Waals surface area contributed by atoms with E-state index in [0.717, 1.165) is 19.0 Å². The SMILES string of the molecule is CN1CCC(CNCC(N)CO)CC1.